The fourth-order valence-corrected chi connectivity index (χ4v) is 2.06. The van der Waals surface area contributed by atoms with Crippen molar-refractivity contribution in [1.82, 2.24) is 5.32 Å². The van der Waals surface area contributed by atoms with Gasteiger partial charge in [-0.25, -0.2) is 0 Å². The van der Waals surface area contributed by atoms with Crippen LogP contribution in [0.4, 0.5) is 0 Å². The first-order chi connectivity index (χ1) is 10.1. The van der Waals surface area contributed by atoms with Crippen LogP contribution in [0.15, 0.2) is 41.0 Å². The van der Waals surface area contributed by atoms with E-state index in [2.05, 4.69) is 5.32 Å². The van der Waals surface area contributed by atoms with E-state index in [1.165, 1.54) is 0 Å². The summed E-state index contributed by atoms with van der Waals surface area (Å²) in [6.45, 7) is 6.74. The second kappa shape index (κ2) is 7.29. The Balaban J connectivity index is 1.77. The van der Waals surface area contributed by atoms with Gasteiger partial charge in [-0.3, -0.25) is 0 Å². The summed E-state index contributed by atoms with van der Waals surface area (Å²) in [4.78, 5) is 0. The monoisotopic (exact) mass is 289 g/mol. The summed E-state index contributed by atoms with van der Waals surface area (Å²) in [5, 5.41) is 13.2. The molecule has 4 nitrogen and oxygen atoms in total. The Morgan fingerprint density at radius 3 is 2.81 bits per heavy atom. The number of aliphatic hydroxyl groups is 1. The van der Waals surface area contributed by atoms with E-state index in [0.717, 1.165) is 22.6 Å². The molecule has 0 saturated carbocycles. The minimum absolute atomic E-state index is 0.0651. The highest BCUT2D eigenvalue weighted by molar-refractivity contribution is 5.35. The Labute approximate surface area is 125 Å². The van der Waals surface area contributed by atoms with Crippen LogP contribution in [0.3, 0.4) is 0 Å². The van der Waals surface area contributed by atoms with Gasteiger partial charge in [0.05, 0.1) is 12.3 Å². The summed E-state index contributed by atoms with van der Waals surface area (Å²) in [7, 11) is 0. The molecule has 21 heavy (non-hydrogen) atoms. The average Bonchev–Trinajstić information content (AvgIpc) is 3.00. The maximum atomic E-state index is 10.00. The van der Waals surface area contributed by atoms with Gasteiger partial charge in [0.15, 0.2) is 0 Å². The lowest BCUT2D eigenvalue weighted by molar-refractivity contribution is 0.103. The summed E-state index contributed by atoms with van der Waals surface area (Å²) >= 11 is 0. The molecular weight excluding hydrogens is 266 g/mol. The molecule has 4 heteroatoms. The van der Waals surface area contributed by atoms with Crippen molar-refractivity contribution in [2.75, 3.05) is 13.2 Å². The number of aliphatic hydroxyl groups excluding tert-OH is 1. The number of rotatable bonds is 7. The predicted octanol–water partition coefficient (Wildman–Crippen LogP) is 2.99. The lowest BCUT2D eigenvalue weighted by atomic mass is 10.1. The standard InChI is InChI=1S/C17H23NO3/c1-12-6-7-13(2)17(9-12)21-11-15(19)10-18-14(3)16-5-4-8-20-16/h4-9,14-15,18-19H,10-11H2,1-3H3/t14-,15?/m0/s1. The van der Waals surface area contributed by atoms with Crippen LogP contribution in [0.1, 0.15) is 29.9 Å². The fraction of sp³-hybridized carbons (Fsp3) is 0.412. The van der Waals surface area contributed by atoms with Gasteiger partial charge in [-0.15, -0.1) is 0 Å². The van der Waals surface area contributed by atoms with Gasteiger partial charge in [0.2, 0.25) is 0 Å². The van der Waals surface area contributed by atoms with Crippen LogP contribution < -0.4 is 10.1 Å². The van der Waals surface area contributed by atoms with Crippen LogP contribution >= 0.6 is 0 Å². The van der Waals surface area contributed by atoms with Gasteiger partial charge in [0, 0.05) is 6.54 Å². The smallest absolute Gasteiger partial charge is 0.122 e. The zero-order valence-corrected chi connectivity index (χ0v) is 12.8. The van der Waals surface area contributed by atoms with Crippen LogP contribution in [-0.2, 0) is 0 Å². The van der Waals surface area contributed by atoms with Gasteiger partial charge < -0.3 is 19.6 Å². The minimum Gasteiger partial charge on any atom is -0.491 e. The van der Waals surface area contributed by atoms with Crippen molar-refractivity contribution in [2.45, 2.75) is 32.9 Å². The number of hydrogen-bond acceptors (Lipinski definition) is 4. The Morgan fingerprint density at radius 1 is 1.29 bits per heavy atom. The van der Waals surface area contributed by atoms with Gasteiger partial charge >= 0.3 is 0 Å². The predicted molar refractivity (Wildman–Crippen MR) is 82.5 cm³/mol. The van der Waals surface area contributed by atoms with E-state index in [9.17, 15) is 5.11 Å². The van der Waals surface area contributed by atoms with Crippen molar-refractivity contribution in [2.24, 2.45) is 0 Å². The maximum absolute atomic E-state index is 10.00. The Morgan fingerprint density at radius 2 is 2.10 bits per heavy atom. The molecule has 1 heterocycles. The van der Waals surface area contributed by atoms with Crippen LogP contribution in [0, 0.1) is 13.8 Å². The lowest BCUT2D eigenvalue weighted by Gasteiger charge is -2.17. The zero-order valence-electron chi connectivity index (χ0n) is 12.8. The molecule has 2 aromatic rings. The van der Waals surface area contributed by atoms with Crippen molar-refractivity contribution < 1.29 is 14.3 Å². The molecule has 1 aromatic carbocycles. The summed E-state index contributed by atoms with van der Waals surface area (Å²) in [6, 6.07) is 9.89. The third kappa shape index (κ3) is 4.62. The van der Waals surface area contributed by atoms with Crippen molar-refractivity contribution in [3.05, 3.63) is 53.5 Å². The quantitative estimate of drug-likeness (QED) is 0.823. The van der Waals surface area contributed by atoms with Crippen molar-refractivity contribution in [1.29, 1.82) is 0 Å². The topological polar surface area (TPSA) is 54.6 Å². The number of hydrogen-bond donors (Lipinski definition) is 2. The largest absolute Gasteiger partial charge is 0.491 e. The molecule has 2 N–H and O–H groups in total. The molecule has 0 aliphatic heterocycles. The molecule has 0 fully saturated rings. The third-order valence-electron chi connectivity index (χ3n) is 3.40. The molecule has 0 saturated heterocycles. The first kappa shape index (κ1) is 15.6. The van der Waals surface area contributed by atoms with Gasteiger partial charge in [0.25, 0.3) is 0 Å². The van der Waals surface area contributed by atoms with Crippen LogP contribution in [0.2, 0.25) is 0 Å². The van der Waals surface area contributed by atoms with E-state index in [0.29, 0.717) is 6.54 Å². The first-order valence-corrected chi connectivity index (χ1v) is 7.21. The third-order valence-corrected chi connectivity index (χ3v) is 3.40. The van der Waals surface area contributed by atoms with E-state index in [1.54, 1.807) is 6.26 Å². The fourth-order valence-electron chi connectivity index (χ4n) is 2.06. The molecule has 0 aliphatic carbocycles. The second-order valence-corrected chi connectivity index (χ2v) is 5.38. The van der Waals surface area contributed by atoms with E-state index < -0.39 is 6.10 Å². The van der Waals surface area contributed by atoms with Gasteiger partial charge in [-0.05, 0) is 50.1 Å². The molecule has 1 aromatic heterocycles. The average molecular weight is 289 g/mol. The molecule has 0 bridgehead atoms. The summed E-state index contributed by atoms with van der Waals surface area (Å²) < 4.78 is 11.0. The minimum atomic E-state index is -0.567. The van der Waals surface area contributed by atoms with Crippen LogP contribution in [0.25, 0.3) is 0 Å². The van der Waals surface area contributed by atoms with Gasteiger partial charge in [-0.2, -0.15) is 0 Å². The first-order valence-electron chi connectivity index (χ1n) is 7.21. The highest BCUT2D eigenvalue weighted by Gasteiger charge is 2.11. The summed E-state index contributed by atoms with van der Waals surface area (Å²) in [5.74, 6) is 1.69. The molecule has 0 amide bonds. The van der Waals surface area contributed by atoms with Crippen molar-refractivity contribution >= 4 is 0 Å². The Bertz CT molecular complexity index is 551. The molecule has 1 unspecified atom stereocenters. The molecule has 0 radical (unpaired) electrons. The highest BCUT2D eigenvalue weighted by Crippen LogP contribution is 2.19. The number of benzene rings is 1. The summed E-state index contributed by atoms with van der Waals surface area (Å²) in [5.41, 5.74) is 2.22. The molecule has 0 aliphatic rings. The van der Waals surface area contributed by atoms with Gasteiger partial charge in [0.1, 0.15) is 24.2 Å². The van der Waals surface area contributed by atoms with Crippen LogP contribution in [-0.4, -0.2) is 24.4 Å². The van der Waals surface area contributed by atoms with E-state index in [1.807, 2.05) is 51.1 Å². The van der Waals surface area contributed by atoms with Crippen molar-refractivity contribution in [3.8, 4) is 5.75 Å². The van der Waals surface area contributed by atoms with Gasteiger partial charge in [-0.1, -0.05) is 12.1 Å². The molecule has 0 spiro atoms. The number of furan rings is 1. The second-order valence-electron chi connectivity index (χ2n) is 5.38. The summed E-state index contributed by atoms with van der Waals surface area (Å²) in [6.07, 6.45) is 1.08. The van der Waals surface area contributed by atoms with Crippen molar-refractivity contribution in [3.63, 3.8) is 0 Å². The maximum Gasteiger partial charge on any atom is 0.122 e. The Hall–Kier alpha value is -1.78. The van der Waals surface area contributed by atoms with E-state index in [4.69, 9.17) is 9.15 Å². The zero-order chi connectivity index (χ0) is 15.2. The molecule has 2 atom stereocenters. The number of ether oxygens (including phenoxy) is 1. The number of aryl methyl sites for hydroxylation is 2. The molecular formula is C17H23NO3. The van der Waals surface area contributed by atoms with E-state index >= 15 is 0 Å². The normalized spacial score (nSPS) is 13.9. The van der Waals surface area contributed by atoms with E-state index in [-0.39, 0.29) is 12.6 Å². The molecule has 114 valence electrons. The lowest BCUT2D eigenvalue weighted by Crippen LogP contribution is -2.33. The SMILES string of the molecule is Cc1ccc(C)c(OCC(O)CN[C@@H](C)c2ccco2)c1. The van der Waals surface area contributed by atoms with Crippen LogP contribution in [0.5, 0.6) is 5.75 Å². The Kier molecular flexibility index (Phi) is 5.42. The molecule has 2 rings (SSSR count). The number of nitrogens with one attached hydrogen (secondary N) is 1. The highest BCUT2D eigenvalue weighted by atomic mass is 16.5.